The molecule has 0 spiro atoms. The maximum absolute atomic E-state index is 5.40. The third-order valence-corrected chi connectivity index (χ3v) is 4.23. The molecule has 144 valence electrons. The quantitative estimate of drug-likeness (QED) is 0.353. The summed E-state index contributed by atoms with van der Waals surface area (Å²) in [5, 5.41) is 6.97. The zero-order valence-electron chi connectivity index (χ0n) is 16.5. The van der Waals surface area contributed by atoms with Crippen LogP contribution in [0.15, 0.2) is 4.99 Å². The van der Waals surface area contributed by atoms with Crippen molar-refractivity contribution in [2.45, 2.75) is 53.5 Å². The van der Waals surface area contributed by atoms with Gasteiger partial charge in [-0.15, -0.1) is 24.0 Å². The van der Waals surface area contributed by atoms with Gasteiger partial charge in [0.05, 0.1) is 13.2 Å². The number of nitrogens with one attached hydrogen (secondary N) is 2. The number of ether oxygens (including phenoxy) is 1. The van der Waals surface area contributed by atoms with Crippen molar-refractivity contribution in [1.29, 1.82) is 0 Å². The molecule has 24 heavy (non-hydrogen) atoms. The molecule has 0 aliphatic carbocycles. The second-order valence-corrected chi connectivity index (χ2v) is 8.12. The van der Waals surface area contributed by atoms with Crippen molar-refractivity contribution in [3.8, 4) is 0 Å². The lowest BCUT2D eigenvalue weighted by Gasteiger charge is -2.29. The van der Waals surface area contributed by atoms with Gasteiger partial charge in [0.15, 0.2) is 5.96 Å². The van der Waals surface area contributed by atoms with Crippen molar-refractivity contribution in [2.24, 2.45) is 16.3 Å². The molecule has 2 atom stereocenters. The molecule has 1 saturated heterocycles. The molecule has 2 N–H and O–H groups in total. The van der Waals surface area contributed by atoms with E-state index in [4.69, 9.17) is 4.74 Å². The first-order valence-corrected chi connectivity index (χ1v) is 9.07. The van der Waals surface area contributed by atoms with Crippen LogP contribution < -0.4 is 10.6 Å². The zero-order valence-corrected chi connectivity index (χ0v) is 18.9. The Kier molecular flexibility index (Phi) is 12.3. The molecule has 1 aliphatic heterocycles. The minimum atomic E-state index is 0. The van der Waals surface area contributed by atoms with E-state index < -0.39 is 0 Å². The first-order chi connectivity index (χ1) is 10.8. The minimum absolute atomic E-state index is 0. The zero-order chi connectivity index (χ0) is 17.3. The Morgan fingerprint density at radius 3 is 2.38 bits per heavy atom. The molecular weight excluding hydrogens is 415 g/mol. The lowest BCUT2D eigenvalue weighted by Crippen LogP contribution is -2.46. The monoisotopic (exact) mass is 454 g/mol. The summed E-state index contributed by atoms with van der Waals surface area (Å²) in [6.45, 7) is 17.3. The van der Waals surface area contributed by atoms with Crippen LogP contribution >= 0.6 is 24.0 Å². The number of halogens is 1. The second-order valence-electron chi connectivity index (χ2n) is 8.12. The minimum Gasteiger partial charge on any atom is -0.379 e. The Labute approximate surface area is 166 Å². The number of aliphatic imine (C=N–C) groups is 1. The standard InChI is InChI=1S/C18H38N4O.HI/c1-15(14-22-9-11-23-12-10-22)13-20-17(19-6)21-16(2)7-8-18(3,4)5;/h15-16H,7-14H2,1-6H3,(H2,19,20,21);1H. The molecule has 0 aromatic rings. The third-order valence-electron chi connectivity index (χ3n) is 4.23. The molecule has 1 heterocycles. The van der Waals surface area contributed by atoms with Gasteiger partial charge in [-0.3, -0.25) is 9.89 Å². The number of morpholine rings is 1. The largest absolute Gasteiger partial charge is 0.379 e. The fraction of sp³-hybridized carbons (Fsp3) is 0.944. The Bertz CT molecular complexity index is 351. The van der Waals surface area contributed by atoms with Crippen LogP contribution in [0, 0.1) is 11.3 Å². The Balaban J connectivity index is 0.00000529. The van der Waals surface area contributed by atoms with Crippen molar-refractivity contribution in [1.82, 2.24) is 15.5 Å². The van der Waals surface area contributed by atoms with Gasteiger partial charge < -0.3 is 15.4 Å². The summed E-state index contributed by atoms with van der Waals surface area (Å²) < 4.78 is 5.40. The van der Waals surface area contributed by atoms with Crippen LogP contribution in [0.4, 0.5) is 0 Å². The van der Waals surface area contributed by atoms with E-state index in [-0.39, 0.29) is 24.0 Å². The summed E-state index contributed by atoms with van der Waals surface area (Å²) in [5.41, 5.74) is 0.388. The van der Waals surface area contributed by atoms with E-state index in [1.807, 2.05) is 7.05 Å². The van der Waals surface area contributed by atoms with Crippen LogP contribution in [0.1, 0.15) is 47.5 Å². The Hall–Kier alpha value is -0.0800. The van der Waals surface area contributed by atoms with Gasteiger partial charge in [0, 0.05) is 39.3 Å². The summed E-state index contributed by atoms with van der Waals surface area (Å²) in [6, 6.07) is 0.440. The van der Waals surface area contributed by atoms with Crippen LogP contribution in [0.2, 0.25) is 0 Å². The first-order valence-electron chi connectivity index (χ1n) is 9.07. The van der Waals surface area contributed by atoms with Crippen LogP contribution in [0.3, 0.4) is 0 Å². The summed E-state index contributed by atoms with van der Waals surface area (Å²) in [6.07, 6.45) is 2.37. The van der Waals surface area contributed by atoms with Crippen LogP contribution in [-0.4, -0.2) is 63.3 Å². The van der Waals surface area contributed by atoms with E-state index in [9.17, 15) is 0 Å². The van der Waals surface area contributed by atoms with Gasteiger partial charge in [0.2, 0.25) is 0 Å². The van der Waals surface area contributed by atoms with E-state index in [1.54, 1.807) is 0 Å². The molecule has 0 bridgehead atoms. The molecule has 0 amide bonds. The molecule has 0 aromatic heterocycles. The van der Waals surface area contributed by atoms with Crippen molar-refractivity contribution in [3.05, 3.63) is 0 Å². The van der Waals surface area contributed by atoms with Gasteiger partial charge in [-0.2, -0.15) is 0 Å². The van der Waals surface area contributed by atoms with E-state index in [1.165, 1.54) is 6.42 Å². The molecule has 0 aromatic carbocycles. The Morgan fingerprint density at radius 2 is 1.83 bits per heavy atom. The maximum Gasteiger partial charge on any atom is 0.191 e. The van der Waals surface area contributed by atoms with Crippen LogP contribution in [0.5, 0.6) is 0 Å². The van der Waals surface area contributed by atoms with Gasteiger partial charge in [-0.05, 0) is 31.1 Å². The molecule has 0 saturated carbocycles. The van der Waals surface area contributed by atoms with Gasteiger partial charge in [-0.1, -0.05) is 27.7 Å². The lowest BCUT2D eigenvalue weighted by molar-refractivity contribution is 0.0320. The summed E-state index contributed by atoms with van der Waals surface area (Å²) in [4.78, 5) is 6.84. The average Bonchev–Trinajstić information content (AvgIpc) is 2.49. The number of rotatable bonds is 7. The predicted octanol–water partition coefficient (Wildman–Crippen LogP) is 2.95. The molecule has 0 radical (unpaired) electrons. The van der Waals surface area contributed by atoms with Gasteiger partial charge in [0.25, 0.3) is 0 Å². The average molecular weight is 454 g/mol. The van der Waals surface area contributed by atoms with E-state index in [0.717, 1.165) is 51.8 Å². The highest BCUT2D eigenvalue weighted by Crippen LogP contribution is 2.21. The first kappa shape index (κ1) is 23.9. The molecule has 6 heteroatoms. The van der Waals surface area contributed by atoms with Crippen molar-refractivity contribution < 1.29 is 4.74 Å². The smallest absolute Gasteiger partial charge is 0.191 e. The van der Waals surface area contributed by atoms with Crippen molar-refractivity contribution >= 4 is 29.9 Å². The molecule has 1 fully saturated rings. The summed E-state index contributed by atoms with van der Waals surface area (Å²) in [7, 11) is 1.85. The number of hydrogen-bond donors (Lipinski definition) is 2. The number of hydrogen-bond acceptors (Lipinski definition) is 3. The Morgan fingerprint density at radius 1 is 1.21 bits per heavy atom. The highest BCUT2D eigenvalue weighted by Gasteiger charge is 2.15. The van der Waals surface area contributed by atoms with E-state index in [0.29, 0.717) is 17.4 Å². The fourth-order valence-corrected chi connectivity index (χ4v) is 2.71. The van der Waals surface area contributed by atoms with E-state index in [2.05, 4.69) is 55.1 Å². The van der Waals surface area contributed by atoms with Crippen molar-refractivity contribution in [3.63, 3.8) is 0 Å². The predicted molar refractivity (Wildman–Crippen MR) is 114 cm³/mol. The van der Waals surface area contributed by atoms with Crippen LogP contribution in [-0.2, 0) is 4.74 Å². The topological polar surface area (TPSA) is 48.9 Å². The summed E-state index contributed by atoms with van der Waals surface area (Å²) >= 11 is 0. The maximum atomic E-state index is 5.40. The number of nitrogens with zero attached hydrogens (tertiary/aromatic N) is 2. The van der Waals surface area contributed by atoms with E-state index >= 15 is 0 Å². The fourth-order valence-electron chi connectivity index (χ4n) is 2.71. The van der Waals surface area contributed by atoms with Crippen LogP contribution in [0.25, 0.3) is 0 Å². The molecule has 5 nitrogen and oxygen atoms in total. The third kappa shape index (κ3) is 11.5. The second kappa shape index (κ2) is 12.3. The van der Waals surface area contributed by atoms with Gasteiger partial charge in [0.1, 0.15) is 0 Å². The van der Waals surface area contributed by atoms with Gasteiger partial charge in [-0.25, -0.2) is 0 Å². The normalized spacial score (nSPS) is 19.3. The SMILES string of the molecule is CN=C(NCC(C)CN1CCOCC1)NC(C)CCC(C)(C)C.I. The molecule has 1 aliphatic rings. The summed E-state index contributed by atoms with van der Waals surface area (Å²) in [5.74, 6) is 1.51. The molecule has 2 unspecified atom stereocenters. The van der Waals surface area contributed by atoms with Crippen molar-refractivity contribution in [2.75, 3.05) is 46.4 Å². The van der Waals surface area contributed by atoms with Gasteiger partial charge >= 0.3 is 0 Å². The lowest BCUT2D eigenvalue weighted by atomic mass is 9.89. The molecular formula is C18H39IN4O. The highest BCUT2D eigenvalue weighted by atomic mass is 127. The molecule has 1 rings (SSSR count). The number of guanidine groups is 1. The highest BCUT2D eigenvalue weighted by molar-refractivity contribution is 14.0.